The summed E-state index contributed by atoms with van der Waals surface area (Å²) in [6.45, 7) is 0. The minimum Gasteiger partial charge on any atom is -0.450 e. The van der Waals surface area contributed by atoms with E-state index in [1.54, 1.807) is 0 Å². The molecule has 0 saturated heterocycles. The number of nitro groups is 1. The lowest BCUT2D eigenvalue weighted by Crippen LogP contribution is -2.10. The first-order valence-corrected chi connectivity index (χ1v) is 7.36. The Bertz CT molecular complexity index is 685. The van der Waals surface area contributed by atoms with E-state index in [9.17, 15) is 14.9 Å². The number of aromatic nitrogens is 1. The SMILES string of the molecule is O=C(O)OC(CS)c1ccc([N+](=O)[O-])cc1.S=c1cccc[nH]1. The first kappa shape index (κ1) is 18.7. The molecule has 2 N–H and O–H groups in total. The van der Waals surface area contributed by atoms with Gasteiger partial charge in [-0.3, -0.25) is 10.1 Å². The molecule has 0 aliphatic heterocycles. The van der Waals surface area contributed by atoms with Gasteiger partial charge in [-0.1, -0.05) is 18.3 Å². The predicted octanol–water partition coefficient (Wildman–Crippen LogP) is 4.00. The standard InChI is InChI=1S/C9H9NO5S.C5H5NS/c11-9(12)15-8(5-16)6-1-3-7(4-2-6)10(13)14;7-5-3-1-2-4-6-5/h1-4,8,16H,5H2,(H,11,12);1-4H,(H,6,7). The van der Waals surface area contributed by atoms with Crippen LogP contribution in [0.2, 0.25) is 0 Å². The number of nitrogens with one attached hydrogen (secondary N) is 1. The number of thiol groups is 1. The fraction of sp³-hybridized carbons (Fsp3) is 0.143. The Morgan fingerprint density at radius 2 is 2.00 bits per heavy atom. The average molecular weight is 354 g/mol. The fourth-order valence-electron chi connectivity index (χ4n) is 1.52. The second kappa shape index (κ2) is 9.59. The zero-order valence-corrected chi connectivity index (χ0v) is 13.5. The number of nitro benzene ring substituents is 1. The summed E-state index contributed by atoms with van der Waals surface area (Å²) in [4.78, 5) is 23.1. The Morgan fingerprint density at radius 1 is 1.35 bits per heavy atom. The monoisotopic (exact) mass is 354 g/mol. The largest absolute Gasteiger partial charge is 0.506 e. The molecular weight excluding hydrogens is 340 g/mol. The van der Waals surface area contributed by atoms with Gasteiger partial charge in [-0.05, 0) is 29.8 Å². The van der Waals surface area contributed by atoms with Crippen LogP contribution in [-0.4, -0.2) is 26.9 Å². The van der Waals surface area contributed by atoms with Crippen molar-refractivity contribution in [2.45, 2.75) is 6.10 Å². The Morgan fingerprint density at radius 3 is 2.35 bits per heavy atom. The van der Waals surface area contributed by atoms with Crippen molar-refractivity contribution < 1.29 is 19.6 Å². The molecule has 1 aromatic heterocycles. The first-order valence-electron chi connectivity index (χ1n) is 6.32. The second-order valence-electron chi connectivity index (χ2n) is 4.13. The molecule has 122 valence electrons. The molecule has 0 radical (unpaired) electrons. The van der Waals surface area contributed by atoms with Gasteiger partial charge < -0.3 is 14.8 Å². The summed E-state index contributed by atoms with van der Waals surface area (Å²) in [7, 11) is 0. The van der Waals surface area contributed by atoms with Crippen LogP contribution in [0.25, 0.3) is 0 Å². The second-order valence-corrected chi connectivity index (χ2v) is 4.94. The van der Waals surface area contributed by atoms with E-state index in [4.69, 9.17) is 17.3 Å². The van der Waals surface area contributed by atoms with Gasteiger partial charge in [0.2, 0.25) is 0 Å². The highest BCUT2D eigenvalue weighted by atomic mass is 32.1. The van der Waals surface area contributed by atoms with Gasteiger partial charge in [0.15, 0.2) is 0 Å². The highest BCUT2D eigenvalue weighted by molar-refractivity contribution is 7.80. The number of aromatic amines is 1. The molecule has 7 nitrogen and oxygen atoms in total. The summed E-state index contributed by atoms with van der Waals surface area (Å²) in [6, 6.07) is 11.1. The molecule has 0 bridgehead atoms. The summed E-state index contributed by atoms with van der Waals surface area (Å²) in [5, 5.41) is 18.8. The van der Waals surface area contributed by atoms with Gasteiger partial charge in [0.25, 0.3) is 5.69 Å². The minimum absolute atomic E-state index is 0.0583. The molecule has 1 atom stereocenters. The first-order chi connectivity index (χ1) is 10.9. The smallest absolute Gasteiger partial charge is 0.450 e. The lowest BCUT2D eigenvalue weighted by Gasteiger charge is -2.13. The maximum absolute atomic E-state index is 10.4. The van der Waals surface area contributed by atoms with Crippen molar-refractivity contribution in [1.29, 1.82) is 0 Å². The van der Waals surface area contributed by atoms with Crippen molar-refractivity contribution in [1.82, 2.24) is 4.98 Å². The van der Waals surface area contributed by atoms with Crippen LogP contribution in [0.3, 0.4) is 0 Å². The molecule has 23 heavy (non-hydrogen) atoms. The number of nitrogens with zero attached hydrogens (tertiary/aromatic N) is 1. The normalized spacial score (nSPS) is 10.8. The average Bonchev–Trinajstić information content (AvgIpc) is 2.54. The number of benzene rings is 1. The van der Waals surface area contributed by atoms with Crippen LogP contribution in [0.4, 0.5) is 10.5 Å². The molecule has 0 saturated carbocycles. The van der Waals surface area contributed by atoms with Crippen molar-refractivity contribution in [2.75, 3.05) is 5.75 Å². The third-order valence-corrected chi connectivity index (χ3v) is 3.15. The maximum Gasteiger partial charge on any atom is 0.506 e. The molecule has 0 aliphatic carbocycles. The molecule has 2 aromatic rings. The number of pyridine rings is 1. The quantitative estimate of drug-likeness (QED) is 0.252. The Kier molecular flexibility index (Phi) is 7.78. The van der Waals surface area contributed by atoms with Crippen LogP contribution < -0.4 is 0 Å². The van der Waals surface area contributed by atoms with Crippen LogP contribution in [0.15, 0.2) is 48.7 Å². The van der Waals surface area contributed by atoms with Gasteiger partial charge in [-0.25, -0.2) is 4.79 Å². The van der Waals surface area contributed by atoms with E-state index >= 15 is 0 Å². The highest BCUT2D eigenvalue weighted by Crippen LogP contribution is 2.21. The summed E-state index contributed by atoms with van der Waals surface area (Å²) >= 11 is 8.70. The molecule has 1 unspecified atom stereocenters. The Balaban J connectivity index is 0.000000313. The molecule has 0 amide bonds. The number of ether oxygens (including phenoxy) is 1. The topological polar surface area (TPSA) is 105 Å². The lowest BCUT2D eigenvalue weighted by molar-refractivity contribution is -0.384. The van der Waals surface area contributed by atoms with E-state index < -0.39 is 17.2 Å². The maximum atomic E-state index is 10.4. The molecule has 0 fully saturated rings. The third kappa shape index (κ3) is 6.94. The van der Waals surface area contributed by atoms with Crippen molar-refractivity contribution in [3.05, 3.63) is 69.0 Å². The molecule has 1 heterocycles. The number of carboxylic acid groups (broad SMARTS) is 1. The minimum atomic E-state index is -1.41. The number of hydrogen-bond donors (Lipinski definition) is 3. The van der Waals surface area contributed by atoms with Crippen LogP contribution in [0, 0.1) is 14.8 Å². The van der Waals surface area contributed by atoms with Gasteiger partial charge >= 0.3 is 6.16 Å². The molecule has 0 aliphatic rings. The lowest BCUT2D eigenvalue weighted by atomic mass is 10.1. The molecular formula is C14H14N2O5S2. The van der Waals surface area contributed by atoms with E-state index in [0.717, 1.165) is 4.64 Å². The summed E-state index contributed by atoms with van der Waals surface area (Å²) in [6.07, 6.45) is -0.318. The Hall–Kier alpha value is -2.39. The molecule has 0 spiro atoms. The van der Waals surface area contributed by atoms with Gasteiger partial charge in [0, 0.05) is 24.1 Å². The molecule has 2 rings (SSSR count). The molecule has 1 aromatic carbocycles. The van der Waals surface area contributed by atoms with Crippen molar-refractivity contribution in [2.24, 2.45) is 0 Å². The van der Waals surface area contributed by atoms with Crippen molar-refractivity contribution in [3.63, 3.8) is 0 Å². The predicted molar refractivity (Wildman–Crippen MR) is 90.4 cm³/mol. The zero-order chi connectivity index (χ0) is 17.2. The van der Waals surface area contributed by atoms with E-state index in [1.165, 1.54) is 24.3 Å². The summed E-state index contributed by atoms with van der Waals surface area (Å²) < 4.78 is 5.34. The van der Waals surface area contributed by atoms with Crippen molar-refractivity contribution >= 4 is 36.7 Å². The third-order valence-electron chi connectivity index (χ3n) is 2.57. The van der Waals surface area contributed by atoms with E-state index in [2.05, 4.69) is 22.3 Å². The van der Waals surface area contributed by atoms with E-state index in [-0.39, 0.29) is 11.4 Å². The van der Waals surface area contributed by atoms with Crippen LogP contribution in [0.1, 0.15) is 11.7 Å². The Labute approximate surface area is 142 Å². The van der Waals surface area contributed by atoms with Gasteiger partial charge in [0.05, 0.1) is 4.92 Å². The van der Waals surface area contributed by atoms with E-state index in [1.807, 2.05) is 24.4 Å². The highest BCUT2D eigenvalue weighted by Gasteiger charge is 2.15. The number of hydrogen-bond acceptors (Lipinski definition) is 6. The van der Waals surface area contributed by atoms with Gasteiger partial charge in [-0.15, -0.1) is 0 Å². The van der Waals surface area contributed by atoms with Crippen LogP contribution >= 0.6 is 24.8 Å². The van der Waals surface area contributed by atoms with E-state index in [0.29, 0.717) is 5.56 Å². The van der Waals surface area contributed by atoms with Gasteiger partial charge in [0.1, 0.15) is 10.7 Å². The van der Waals surface area contributed by atoms with Crippen LogP contribution in [-0.2, 0) is 4.74 Å². The number of carbonyl (C=O) groups is 1. The number of rotatable bonds is 4. The summed E-state index contributed by atoms with van der Waals surface area (Å²) in [5.41, 5.74) is 0.472. The number of non-ortho nitro benzene ring substituents is 1. The van der Waals surface area contributed by atoms with Crippen LogP contribution in [0.5, 0.6) is 0 Å². The zero-order valence-electron chi connectivity index (χ0n) is 11.8. The number of H-pyrrole nitrogens is 1. The van der Waals surface area contributed by atoms with Crippen molar-refractivity contribution in [3.8, 4) is 0 Å². The summed E-state index contributed by atoms with van der Waals surface area (Å²) in [5.74, 6) is 0.171. The van der Waals surface area contributed by atoms with Gasteiger partial charge in [-0.2, -0.15) is 12.6 Å². The molecule has 9 heteroatoms. The fourth-order valence-corrected chi connectivity index (χ4v) is 1.95.